The van der Waals surface area contributed by atoms with Crippen LogP contribution in [0.5, 0.6) is 0 Å². The molecule has 1 N–H and O–H groups in total. The summed E-state index contributed by atoms with van der Waals surface area (Å²) >= 11 is 6.56. The van der Waals surface area contributed by atoms with Crippen LogP contribution in [0.4, 0.5) is 5.69 Å². The maximum absolute atomic E-state index is 13.1. The molecule has 2 aliphatic rings. The maximum atomic E-state index is 13.1. The van der Waals surface area contributed by atoms with Crippen molar-refractivity contribution in [2.75, 3.05) is 51.2 Å². The number of nitrogens with one attached hydrogen (secondary N) is 1. The first-order valence-corrected chi connectivity index (χ1v) is 11.9. The van der Waals surface area contributed by atoms with Crippen LogP contribution in [0, 0.1) is 5.92 Å². The summed E-state index contributed by atoms with van der Waals surface area (Å²) in [7, 11) is 2.11. The largest absolute Gasteiger partial charge is 0.370 e. The molecule has 3 aromatic rings. The predicted molar refractivity (Wildman–Crippen MR) is 130 cm³/mol. The Balaban J connectivity index is 1.32. The summed E-state index contributed by atoms with van der Waals surface area (Å²) in [5, 5.41) is 0.681. The lowest BCUT2D eigenvalue weighted by Crippen LogP contribution is -2.44. The van der Waals surface area contributed by atoms with Crippen LogP contribution in [0.15, 0.2) is 42.5 Å². The molecular weight excluding hydrogens is 422 g/mol. The van der Waals surface area contributed by atoms with Crippen molar-refractivity contribution in [2.24, 2.45) is 5.92 Å². The summed E-state index contributed by atoms with van der Waals surface area (Å²) in [6, 6.07) is 14.1. The molecule has 1 atom stereocenters. The molecule has 6 nitrogen and oxygen atoms in total. The van der Waals surface area contributed by atoms with Crippen LogP contribution < -0.4 is 4.90 Å². The fraction of sp³-hybridized carbons (Fsp3) is 0.440. The molecule has 0 aliphatic carbocycles. The summed E-state index contributed by atoms with van der Waals surface area (Å²) in [6.07, 6.45) is 3.10. The number of halogens is 1. The van der Waals surface area contributed by atoms with Gasteiger partial charge in [0.2, 0.25) is 5.91 Å². The lowest BCUT2D eigenvalue weighted by atomic mass is 9.97. The fourth-order valence-electron chi connectivity index (χ4n) is 4.99. The SMILES string of the molecule is CN1CCCC(C(=O)N2CCCN(c3ccc(Cl)c(-c4nc5ccccc5[nH]4)c3)CC2)C1. The normalized spacial score (nSPS) is 20.5. The van der Waals surface area contributed by atoms with E-state index in [1.165, 1.54) is 0 Å². The van der Waals surface area contributed by atoms with E-state index in [1.54, 1.807) is 0 Å². The van der Waals surface area contributed by atoms with Crippen molar-refractivity contribution in [2.45, 2.75) is 19.3 Å². The van der Waals surface area contributed by atoms with Crippen molar-refractivity contribution in [1.82, 2.24) is 19.8 Å². The molecule has 1 unspecified atom stereocenters. The van der Waals surface area contributed by atoms with Gasteiger partial charge in [0, 0.05) is 44.0 Å². The number of para-hydroxylation sites is 2. The van der Waals surface area contributed by atoms with E-state index in [1.807, 2.05) is 30.3 Å². The van der Waals surface area contributed by atoms with Crippen LogP contribution in [-0.4, -0.2) is 72.0 Å². The van der Waals surface area contributed by atoms with Crippen LogP contribution in [0.25, 0.3) is 22.4 Å². The highest BCUT2D eigenvalue weighted by atomic mass is 35.5. The topological polar surface area (TPSA) is 55.5 Å². The van der Waals surface area contributed by atoms with E-state index in [0.29, 0.717) is 10.9 Å². The highest BCUT2D eigenvalue weighted by Gasteiger charge is 2.29. The van der Waals surface area contributed by atoms with Crippen LogP contribution in [0.2, 0.25) is 5.02 Å². The number of imidazole rings is 1. The Kier molecular flexibility index (Phi) is 6.07. The van der Waals surface area contributed by atoms with Gasteiger partial charge in [-0.3, -0.25) is 4.79 Å². The second-order valence-electron chi connectivity index (χ2n) is 9.03. The molecule has 2 aromatic carbocycles. The number of nitrogens with zero attached hydrogens (tertiary/aromatic N) is 4. The van der Waals surface area contributed by atoms with E-state index < -0.39 is 0 Å². The number of likely N-dealkylation sites (tertiary alicyclic amines) is 1. The summed E-state index contributed by atoms with van der Waals surface area (Å²) in [6.45, 7) is 5.34. The first-order valence-electron chi connectivity index (χ1n) is 11.6. The van der Waals surface area contributed by atoms with Crippen molar-refractivity contribution >= 4 is 34.2 Å². The van der Waals surface area contributed by atoms with E-state index in [-0.39, 0.29) is 5.92 Å². The van der Waals surface area contributed by atoms with Crippen molar-refractivity contribution in [1.29, 1.82) is 0 Å². The molecule has 0 radical (unpaired) electrons. The zero-order chi connectivity index (χ0) is 22.1. The molecule has 2 aliphatic heterocycles. The average Bonchev–Trinajstić information content (AvgIpc) is 3.08. The van der Waals surface area contributed by atoms with E-state index in [2.05, 4.69) is 38.9 Å². The van der Waals surface area contributed by atoms with E-state index in [4.69, 9.17) is 16.6 Å². The molecule has 5 rings (SSSR count). The molecule has 1 aromatic heterocycles. The van der Waals surface area contributed by atoms with Crippen molar-refractivity contribution < 1.29 is 4.79 Å². The second kappa shape index (κ2) is 9.12. The molecule has 0 saturated carbocycles. The minimum atomic E-state index is 0.149. The van der Waals surface area contributed by atoms with Gasteiger partial charge in [-0.25, -0.2) is 4.98 Å². The van der Waals surface area contributed by atoms with Gasteiger partial charge in [-0.2, -0.15) is 0 Å². The number of hydrogen-bond donors (Lipinski definition) is 1. The van der Waals surface area contributed by atoms with Gasteiger partial charge >= 0.3 is 0 Å². The van der Waals surface area contributed by atoms with Gasteiger partial charge in [-0.05, 0) is 63.2 Å². The third-order valence-electron chi connectivity index (χ3n) is 6.74. The summed E-state index contributed by atoms with van der Waals surface area (Å²) in [5.74, 6) is 1.26. The van der Waals surface area contributed by atoms with Crippen LogP contribution in [0.3, 0.4) is 0 Å². The zero-order valence-corrected chi connectivity index (χ0v) is 19.3. The Labute approximate surface area is 194 Å². The van der Waals surface area contributed by atoms with Crippen molar-refractivity contribution in [3.05, 3.63) is 47.5 Å². The summed E-state index contributed by atoms with van der Waals surface area (Å²) < 4.78 is 0. The molecule has 3 heterocycles. The number of fused-ring (bicyclic) bond motifs is 1. The van der Waals surface area contributed by atoms with Crippen LogP contribution in [0.1, 0.15) is 19.3 Å². The molecule has 32 heavy (non-hydrogen) atoms. The molecule has 0 spiro atoms. The Bertz CT molecular complexity index is 1080. The number of hydrogen-bond acceptors (Lipinski definition) is 4. The average molecular weight is 452 g/mol. The first kappa shape index (κ1) is 21.3. The highest BCUT2D eigenvalue weighted by molar-refractivity contribution is 6.33. The quantitative estimate of drug-likeness (QED) is 0.646. The number of piperidine rings is 1. The Morgan fingerprint density at radius 2 is 1.94 bits per heavy atom. The molecule has 2 saturated heterocycles. The van der Waals surface area contributed by atoms with Crippen LogP contribution >= 0.6 is 11.6 Å². The van der Waals surface area contributed by atoms with Gasteiger partial charge in [0.15, 0.2) is 0 Å². The fourth-order valence-corrected chi connectivity index (χ4v) is 5.20. The van der Waals surface area contributed by atoms with Gasteiger partial charge in [0.25, 0.3) is 0 Å². The number of H-pyrrole nitrogens is 1. The molecule has 2 fully saturated rings. The zero-order valence-electron chi connectivity index (χ0n) is 18.6. The number of carbonyl (C=O) groups is 1. The molecule has 0 bridgehead atoms. The monoisotopic (exact) mass is 451 g/mol. The lowest BCUT2D eigenvalue weighted by Gasteiger charge is -2.32. The van der Waals surface area contributed by atoms with Gasteiger partial charge in [0.05, 0.1) is 22.0 Å². The maximum Gasteiger partial charge on any atom is 0.227 e. The predicted octanol–water partition coefficient (Wildman–Crippen LogP) is 4.26. The van der Waals surface area contributed by atoms with Gasteiger partial charge in [0.1, 0.15) is 5.82 Å². The Morgan fingerprint density at radius 3 is 2.78 bits per heavy atom. The number of carbonyl (C=O) groups excluding carboxylic acids is 1. The van der Waals surface area contributed by atoms with Gasteiger partial charge in [-0.15, -0.1) is 0 Å². The minimum Gasteiger partial charge on any atom is -0.370 e. The first-order chi connectivity index (χ1) is 15.6. The van der Waals surface area contributed by atoms with Crippen molar-refractivity contribution in [3.63, 3.8) is 0 Å². The standard InChI is InChI=1S/C25H30ClN5O/c1-29-11-4-6-18(17-29)25(32)31-13-5-12-30(14-15-31)19-9-10-21(26)20(16-19)24-27-22-7-2-3-8-23(22)28-24/h2-3,7-10,16,18H,4-6,11-15,17H2,1H3,(H,27,28). The van der Waals surface area contributed by atoms with Crippen molar-refractivity contribution in [3.8, 4) is 11.4 Å². The Morgan fingerprint density at radius 1 is 1.06 bits per heavy atom. The summed E-state index contributed by atoms with van der Waals surface area (Å²) in [5.41, 5.74) is 3.96. The molecular formula is C25H30ClN5O. The van der Waals surface area contributed by atoms with Gasteiger partial charge in [-0.1, -0.05) is 23.7 Å². The number of benzene rings is 2. The van der Waals surface area contributed by atoms with E-state index in [9.17, 15) is 4.79 Å². The molecule has 7 heteroatoms. The highest BCUT2D eigenvalue weighted by Crippen LogP contribution is 2.32. The van der Waals surface area contributed by atoms with Crippen LogP contribution in [-0.2, 0) is 4.79 Å². The number of aromatic nitrogens is 2. The lowest BCUT2D eigenvalue weighted by molar-refractivity contribution is -0.136. The second-order valence-corrected chi connectivity index (χ2v) is 9.44. The Hall–Kier alpha value is -2.57. The summed E-state index contributed by atoms with van der Waals surface area (Å²) in [4.78, 5) is 28.0. The smallest absolute Gasteiger partial charge is 0.227 e. The van der Waals surface area contributed by atoms with E-state index in [0.717, 1.165) is 86.6 Å². The molecule has 1 amide bonds. The third-order valence-corrected chi connectivity index (χ3v) is 7.07. The van der Waals surface area contributed by atoms with Gasteiger partial charge < -0.3 is 19.7 Å². The number of amides is 1. The number of aromatic amines is 1. The number of rotatable bonds is 3. The third kappa shape index (κ3) is 4.34. The van der Waals surface area contributed by atoms with E-state index >= 15 is 0 Å². The minimum absolute atomic E-state index is 0.149. The molecule has 168 valence electrons. The number of anilines is 1.